The highest BCUT2D eigenvalue weighted by atomic mass is 16.7. The number of benzene rings is 1. The first-order chi connectivity index (χ1) is 13.1. The van der Waals surface area contributed by atoms with E-state index >= 15 is 0 Å². The predicted octanol–water partition coefficient (Wildman–Crippen LogP) is 3.29. The minimum absolute atomic E-state index is 0.144. The normalized spacial score (nSPS) is 18.7. The maximum Gasteiger partial charge on any atom is 0.257 e. The Bertz CT molecular complexity index is 836. The van der Waals surface area contributed by atoms with Crippen molar-refractivity contribution in [3.05, 3.63) is 53.3 Å². The van der Waals surface area contributed by atoms with Crippen LogP contribution in [-0.2, 0) is 9.47 Å². The summed E-state index contributed by atoms with van der Waals surface area (Å²) in [6.45, 7) is 7.04. The van der Waals surface area contributed by atoms with Gasteiger partial charge in [-0.15, -0.1) is 0 Å². The predicted molar refractivity (Wildman–Crippen MR) is 104 cm³/mol. The molecule has 0 aliphatic carbocycles. The Morgan fingerprint density at radius 3 is 2.63 bits per heavy atom. The van der Waals surface area contributed by atoms with E-state index in [0.717, 1.165) is 48.4 Å². The molecule has 1 spiro atoms. The highest BCUT2D eigenvalue weighted by molar-refractivity contribution is 6.05. The molecule has 0 radical (unpaired) electrons. The Morgan fingerprint density at radius 2 is 1.89 bits per heavy atom. The topological polar surface area (TPSA) is 63.7 Å². The molecule has 0 bridgehead atoms. The molecule has 142 valence electrons. The maximum atomic E-state index is 12.7. The van der Waals surface area contributed by atoms with E-state index in [1.54, 1.807) is 6.20 Å². The van der Waals surface area contributed by atoms with Crippen LogP contribution in [-0.4, -0.2) is 43.0 Å². The molecule has 0 saturated carbocycles. The fourth-order valence-corrected chi connectivity index (χ4v) is 3.70. The third-order valence-electron chi connectivity index (χ3n) is 5.54. The van der Waals surface area contributed by atoms with E-state index in [1.807, 2.05) is 44.3 Å². The Labute approximate surface area is 159 Å². The van der Waals surface area contributed by atoms with Gasteiger partial charge >= 0.3 is 0 Å². The molecule has 4 rings (SSSR count). The van der Waals surface area contributed by atoms with Gasteiger partial charge in [-0.1, -0.05) is 12.1 Å². The number of aromatic nitrogens is 1. The van der Waals surface area contributed by atoms with Gasteiger partial charge in [-0.25, -0.2) is 0 Å². The minimum Gasteiger partial charge on any atom is -0.370 e. The summed E-state index contributed by atoms with van der Waals surface area (Å²) in [6, 6.07) is 7.81. The number of anilines is 2. The lowest BCUT2D eigenvalue weighted by Gasteiger charge is -2.38. The largest absolute Gasteiger partial charge is 0.370 e. The third kappa shape index (κ3) is 3.68. The fraction of sp³-hybridized carbons (Fsp3) is 0.429. The zero-order valence-corrected chi connectivity index (χ0v) is 15.8. The Morgan fingerprint density at radius 1 is 1.15 bits per heavy atom. The molecule has 1 aromatic heterocycles. The van der Waals surface area contributed by atoms with E-state index in [-0.39, 0.29) is 5.91 Å². The first-order valence-corrected chi connectivity index (χ1v) is 9.42. The van der Waals surface area contributed by atoms with Crippen molar-refractivity contribution in [3.8, 4) is 0 Å². The molecule has 0 unspecified atom stereocenters. The zero-order valence-electron chi connectivity index (χ0n) is 15.8. The lowest BCUT2D eigenvalue weighted by atomic mass is 10.0. The molecule has 2 fully saturated rings. The molecular formula is C21H25N3O3. The van der Waals surface area contributed by atoms with Gasteiger partial charge in [-0.3, -0.25) is 9.78 Å². The molecule has 3 heterocycles. The number of nitrogens with zero attached hydrogens (tertiary/aromatic N) is 2. The second-order valence-corrected chi connectivity index (χ2v) is 7.23. The summed E-state index contributed by atoms with van der Waals surface area (Å²) in [5.41, 5.74) is 4.57. The van der Waals surface area contributed by atoms with E-state index in [0.29, 0.717) is 18.8 Å². The third-order valence-corrected chi connectivity index (χ3v) is 5.54. The molecule has 1 aromatic carbocycles. The summed E-state index contributed by atoms with van der Waals surface area (Å²) in [7, 11) is 0. The van der Waals surface area contributed by atoms with Crippen LogP contribution in [0.1, 0.15) is 34.3 Å². The number of rotatable bonds is 3. The van der Waals surface area contributed by atoms with Gasteiger partial charge in [0.2, 0.25) is 0 Å². The fourth-order valence-electron chi connectivity index (χ4n) is 3.70. The minimum atomic E-state index is -0.401. The van der Waals surface area contributed by atoms with Gasteiger partial charge in [-0.05, 0) is 37.1 Å². The van der Waals surface area contributed by atoms with Crippen molar-refractivity contribution in [2.24, 2.45) is 0 Å². The molecule has 2 aromatic rings. The SMILES string of the molecule is Cc1cccc(NC(=O)c2cncc(N3CCC4(CC3)OCCO4)c2)c1C. The Kier molecular flexibility index (Phi) is 4.85. The van der Waals surface area contributed by atoms with Crippen LogP contribution in [0.5, 0.6) is 0 Å². The second kappa shape index (κ2) is 7.29. The van der Waals surface area contributed by atoms with E-state index in [4.69, 9.17) is 9.47 Å². The Balaban J connectivity index is 1.46. The highest BCUT2D eigenvalue weighted by Crippen LogP contribution is 2.33. The summed E-state index contributed by atoms with van der Waals surface area (Å²) in [4.78, 5) is 19.2. The van der Waals surface area contributed by atoms with Crippen LogP contribution in [0.4, 0.5) is 11.4 Å². The molecule has 2 aliphatic rings. The van der Waals surface area contributed by atoms with E-state index in [1.165, 1.54) is 0 Å². The number of amides is 1. The van der Waals surface area contributed by atoms with Crippen molar-refractivity contribution in [2.45, 2.75) is 32.5 Å². The molecule has 0 atom stereocenters. The average molecular weight is 367 g/mol. The maximum absolute atomic E-state index is 12.7. The van der Waals surface area contributed by atoms with E-state index in [9.17, 15) is 4.79 Å². The number of carbonyl (C=O) groups is 1. The second-order valence-electron chi connectivity index (χ2n) is 7.23. The molecule has 2 saturated heterocycles. The van der Waals surface area contributed by atoms with Crippen molar-refractivity contribution < 1.29 is 14.3 Å². The number of carbonyl (C=O) groups excluding carboxylic acids is 1. The first kappa shape index (κ1) is 17.9. The smallest absolute Gasteiger partial charge is 0.257 e. The molecule has 1 amide bonds. The number of hydrogen-bond acceptors (Lipinski definition) is 5. The van der Waals surface area contributed by atoms with Crippen LogP contribution >= 0.6 is 0 Å². The van der Waals surface area contributed by atoms with Crippen LogP contribution in [0.15, 0.2) is 36.7 Å². The first-order valence-electron chi connectivity index (χ1n) is 9.42. The molecular weight excluding hydrogens is 342 g/mol. The monoisotopic (exact) mass is 367 g/mol. The number of ether oxygens (including phenoxy) is 2. The average Bonchev–Trinajstić information content (AvgIpc) is 3.14. The molecule has 6 nitrogen and oxygen atoms in total. The van der Waals surface area contributed by atoms with E-state index in [2.05, 4.69) is 15.2 Å². The Hall–Kier alpha value is -2.44. The van der Waals surface area contributed by atoms with Crippen LogP contribution in [0.3, 0.4) is 0 Å². The number of pyridine rings is 1. The quantitative estimate of drug-likeness (QED) is 0.902. The van der Waals surface area contributed by atoms with Crippen molar-refractivity contribution in [1.82, 2.24) is 4.98 Å². The van der Waals surface area contributed by atoms with Crippen molar-refractivity contribution in [2.75, 3.05) is 36.5 Å². The summed E-state index contributed by atoms with van der Waals surface area (Å²) in [5, 5.41) is 3.00. The standard InChI is InChI=1S/C21H25N3O3/c1-15-4-3-5-19(16(15)2)23-20(25)17-12-18(14-22-13-17)24-8-6-21(7-9-24)26-10-11-27-21/h3-5,12-14H,6-11H2,1-2H3,(H,23,25). The van der Waals surface area contributed by atoms with Gasteiger partial charge in [0.25, 0.3) is 5.91 Å². The molecule has 2 aliphatic heterocycles. The summed E-state index contributed by atoms with van der Waals surface area (Å²) in [6.07, 6.45) is 5.07. The zero-order chi connectivity index (χ0) is 18.9. The van der Waals surface area contributed by atoms with Crippen molar-refractivity contribution in [3.63, 3.8) is 0 Å². The van der Waals surface area contributed by atoms with Gasteiger partial charge in [0.1, 0.15) is 0 Å². The molecule has 6 heteroatoms. The van der Waals surface area contributed by atoms with Crippen LogP contribution in [0.2, 0.25) is 0 Å². The number of piperidine rings is 1. The van der Waals surface area contributed by atoms with Crippen LogP contribution < -0.4 is 10.2 Å². The van der Waals surface area contributed by atoms with Gasteiger partial charge in [0.05, 0.1) is 30.7 Å². The van der Waals surface area contributed by atoms with Gasteiger partial charge < -0.3 is 19.7 Å². The summed E-state index contributed by atoms with van der Waals surface area (Å²) >= 11 is 0. The summed E-state index contributed by atoms with van der Waals surface area (Å²) in [5.74, 6) is -0.546. The number of aryl methyl sites for hydroxylation is 1. The highest BCUT2D eigenvalue weighted by Gasteiger charge is 2.39. The molecule has 1 N–H and O–H groups in total. The van der Waals surface area contributed by atoms with E-state index < -0.39 is 5.79 Å². The van der Waals surface area contributed by atoms with Crippen LogP contribution in [0, 0.1) is 13.8 Å². The summed E-state index contributed by atoms with van der Waals surface area (Å²) < 4.78 is 11.6. The number of hydrogen-bond donors (Lipinski definition) is 1. The number of nitrogens with one attached hydrogen (secondary N) is 1. The van der Waals surface area contributed by atoms with Crippen molar-refractivity contribution >= 4 is 17.3 Å². The van der Waals surface area contributed by atoms with Crippen molar-refractivity contribution in [1.29, 1.82) is 0 Å². The van der Waals surface area contributed by atoms with Gasteiger partial charge in [0.15, 0.2) is 5.79 Å². The van der Waals surface area contributed by atoms with Gasteiger partial charge in [-0.2, -0.15) is 0 Å². The van der Waals surface area contributed by atoms with Crippen LogP contribution in [0.25, 0.3) is 0 Å². The lowest BCUT2D eigenvalue weighted by Crippen LogP contribution is -2.45. The molecule has 27 heavy (non-hydrogen) atoms. The lowest BCUT2D eigenvalue weighted by molar-refractivity contribution is -0.169. The van der Waals surface area contributed by atoms with Gasteiger partial charge in [0, 0.05) is 37.8 Å².